The number of piperazine rings is 1. The van der Waals surface area contributed by atoms with E-state index in [-0.39, 0.29) is 0 Å². The third-order valence-corrected chi connectivity index (χ3v) is 4.07. The van der Waals surface area contributed by atoms with Gasteiger partial charge in [-0.15, -0.1) is 0 Å². The predicted octanol–water partition coefficient (Wildman–Crippen LogP) is 1.27. The molecule has 0 aliphatic carbocycles. The van der Waals surface area contributed by atoms with Gasteiger partial charge in [-0.1, -0.05) is 0 Å². The van der Waals surface area contributed by atoms with Crippen molar-refractivity contribution in [2.45, 2.75) is 6.42 Å². The maximum Gasteiger partial charge on any atom is 0.225 e. The second kappa shape index (κ2) is 8.45. The van der Waals surface area contributed by atoms with E-state index in [9.17, 15) is 0 Å². The summed E-state index contributed by atoms with van der Waals surface area (Å²) in [4.78, 5) is 13.0. The summed E-state index contributed by atoms with van der Waals surface area (Å²) in [5.41, 5.74) is 0. The van der Waals surface area contributed by atoms with Crippen LogP contribution < -0.4 is 10.2 Å². The Morgan fingerprint density at radius 2 is 2.00 bits per heavy atom. The molecule has 0 aromatic carbocycles. The summed E-state index contributed by atoms with van der Waals surface area (Å²) in [6.07, 6.45) is 4.51. The van der Waals surface area contributed by atoms with E-state index >= 15 is 0 Å². The first-order chi connectivity index (χ1) is 10.2. The normalized spacial score (nSPS) is 15.1. The van der Waals surface area contributed by atoms with Gasteiger partial charge in [0.25, 0.3) is 0 Å². The molecule has 1 aliphatic rings. The van der Waals surface area contributed by atoms with E-state index in [0.717, 1.165) is 61.3 Å². The molecule has 1 aromatic heterocycles. The van der Waals surface area contributed by atoms with Crippen LogP contribution >= 0.6 is 28.1 Å². The minimum absolute atomic E-state index is 0.754. The summed E-state index contributed by atoms with van der Waals surface area (Å²) in [7, 11) is 1.71. The molecular weight excluding hydrogens is 354 g/mol. The summed E-state index contributed by atoms with van der Waals surface area (Å²) in [6.45, 7) is 5.13. The van der Waals surface area contributed by atoms with Gasteiger partial charge < -0.3 is 19.9 Å². The Kier molecular flexibility index (Phi) is 6.59. The van der Waals surface area contributed by atoms with Crippen LogP contribution in [0, 0.1) is 0 Å². The molecule has 21 heavy (non-hydrogen) atoms. The number of ether oxygens (including phenoxy) is 1. The first kappa shape index (κ1) is 16.4. The minimum Gasteiger partial charge on any atom is -0.385 e. The molecule has 0 amide bonds. The highest BCUT2D eigenvalue weighted by Gasteiger charge is 2.20. The summed E-state index contributed by atoms with van der Waals surface area (Å²) in [5, 5.41) is 4.09. The first-order valence-electron chi connectivity index (χ1n) is 6.95. The lowest BCUT2D eigenvalue weighted by Gasteiger charge is -2.36. The predicted molar refractivity (Wildman–Crippen MR) is 90.6 cm³/mol. The summed E-state index contributed by atoms with van der Waals surface area (Å²) in [6, 6.07) is 0. The van der Waals surface area contributed by atoms with E-state index in [1.807, 2.05) is 0 Å². The fourth-order valence-corrected chi connectivity index (χ4v) is 2.59. The molecule has 6 nitrogen and oxygen atoms in total. The molecule has 1 saturated heterocycles. The van der Waals surface area contributed by atoms with Gasteiger partial charge in [-0.25, -0.2) is 9.97 Å². The Hall–Kier alpha value is -0.990. The van der Waals surface area contributed by atoms with Crippen LogP contribution in [0.15, 0.2) is 16.9 Å². The van der Waals surface area contributed by atoms with Gasteiger partial charge in [0, 0.05) is 58.8 Å². The van der Waals surface area contributed by atoms with Crippen molar-refractivity contribution >= 4 is 39.2 Å². The second-order valence-corrected chi connectivity index (χ2v) is 6.06. The zero-order chi connectivity index (χ0) is 15.1. The van der Waals surface area contributed by atoms with Crippen LogP contribution in [-0.4, -0.2) is 66.4 Å². The lowest BCUT2D eigenvalue weighted by molar-refractivity contribution is 0.195. The monoisotopic (exact) mass is 373 g/mol. The van der Waals surface area contributed by atoms with Gasteiger partial charge in [-0.2, -0.15) is 0 Å². The number of hydrogen-bond donors (Lipinski definition) is 1. The fourth-order valence-electron chi connectivity index (χ4n) is 2.10. The molecule has 0 bridgehead atoms. The zero-order valence-corrected chi connectivity index (χ0v) is 14.5. The summed E-state index contributed by atoms with van der Waals surface area (Å²) in [5.74, 6) is 0.775. The topological polar surface area (TPSA) is 53.5 Å². The van der Waals surface area contributed by atoms with Crippen molar-refractivity contribution in [3.63, 3.8) is 0 Å². The lowest BCUT2D eigenvalue weighted by Crippen LogP contribution is -2.52. The van der Waals surface area contributed by atoms with E-state index in [4.69, 9.17) is 17.0 Å². The Morgan fingerprint density at radius 3 is 2.62 bits per heavy atom. The Balaban J connectivity index is 1.75. The molecule has 0 unspecified atom stereocenters. The summed E-state index contributed by atoms with van der Waals surface area (Å²) >= 11 is 8.76. The standard InChI is InChI=1S/C13H20BrN5OS/c1-20-8-2-3-15-13(21)19-6-4-18(5-7-19)12-16-9-11(14)10-17-12/h9-10H,2-8H2,1H3,(H,15,21). The molecule has 116 valence electrons. The molecule has 1 fully saturated rings. The van der Waals surface area contributed by atoms with E-state index in [1.54, 1.807) is 19.5 Å². The third-order valence-electron chi connectivity index (χ3n) is 3.26. The SMILES string of the molecule is COCCCNC(=S)N1CCN(c2ncc(Br)cn2)CC1. The number of nitrogens with zero attached hydrogens (tertiary/aromatic N) is 4. The molecule has 0 atom stereocenters. The number of thiocarbonyl (C=S) groups is 1. The number of methoxy groups -OCH3 is 1. The number of halogens is 1. The van der Waals surface area contributed by atoms with Crippen LogP contribution in [0.2, 0.25) is 0 Å². The fraction of sp³-hybridized carbons (Fsp3) is 0.615. The minimum atomic E-state index is 0.754. The number of nitrogens with one attached hydrogen (secondary N) is 1. The molecule has 1 aliphatic heterocycles. The molecule has 0 radical (unpaired) electrons. The molecular formula is C13H20BrN5OS. The van der Waals surface area contributed by atoms with Crippen molar-refractivity contribution in [3.8, 4) is 0 Å². The molecule has 0 saturated carbocycles. The maximum atomic E-state index is 5.41. The van der Waals surface area contributed by atoms with Crippen molar-refractivity contribution in [2.75, 3.05) is 51.3 Å². The van der Waals surface area contributed by atoms with Crippen molar-refractivity contribution in [3.05, 3.63) is 16.9 Å². The third kappa shape index (κ3) is 5.05. The molecule has 2 heterocycles. The van der Waals surface area contributed by atoms with Gasteiger partial charge in [-0.05, 0) is 34.6 Å². The Bertz CT molecular complexity index is 450. The number of hydrogen-bond acceptors (Lipinski definition) is 5. The van der Waals surface area contributed by atoms with Gasteiger partial charge in [0.1, 0.15) is 0 Å². The highest BCUT2D eigenvalue weighted by atomic mass is 79.9. The Morgan fingerprint density at radius 1 is 1.33 bits per heavy atom. The van der Waals surface area contributed by atoms with E-state index in [2.05, 4.69) is 41.0 Å². The molecule has 1 N–H and O–H groups in total. The van der Waals surface area contributed by atoms with E-state index in [1.165, 1.54) is 0 Å². The van der Waals surface area contributed by atoms with Gasteiger partial charge in [0.2, 0.25) is 5.95 Å². The second-order valence-electron chi connectivity index (χ2n) is 4.75. The quantitative estimate of drug-likeness (QED) is 0.615. The maximum absolute atomic E-state index is 5.41. The number of anilines is 1. The smallest absolute Gasteiger partial charge is 0.225 e. The lowest BCUT2D eigenvalue weighted by atomic mass is 10.3. The van der Waals surface area contributed by atoms with Crippen LogP contribution in [0.4, 0.5) is 5.95 Å². The zero-order valence-electron chi connectivity index (χ0n) is 12.1. The number of rotatable bonds is 5. The average molecular weight is 374 g/mol. The van der Waals surface area contributed by atoms with Crippen LogP contribution in [0.5, 0.6) is 0 Å². The molecule has 0 spiro atoms. The molecule has 8 heteroatoms. The van der Waals surface area contributed by atoms with Gasteiger partial charge in [0.05, 0.1) is 4.47 Å². The van der Waals surface area contributed by atoms with Gasteiger partial charge in [0.15, 0.2) is 5.11 Å². The van der Waals surface area contributed by atoms with Crippen LogP contribution in [0.25, 0.3) is 0 Å². The number of aromatic nitrogens is 2. The van der Waals surface area contributed by atoms with Crippen LogP contribution in [0.1, 0.15) is 6.42 Å². The summed E-state index contributed by atoms with van der Waals surface area (Å²) < 4.78 is 5.91. The largest absolute Gasteiger partial charge is 0.385 e. The Labute approximate surface area is 139 Å². The average Bonchev–Trinajstić information content (AvgIpc) is 2.52. The highest BCUT2D eigenvalue weighted by Crippen LogP contribution is 2.13. The van der Waals surface area contributed by atoms with Gasteiger partial charge >= 0.3 is 0 Å². The van der Waals surface area contributed by atoms with Crippen molar-refractivity contribution in [2.24, 2.45) is 0 Å². The van der Waals surface area contributed by atoms with E-state index in [0.29, 0.717) is 0 Å². The van der Waals surface area contributed by atoms with E-state index < -0.39 is 0 Å². The van der Waals surface area contributed by atoms with Gasteiger partial charge in [-0.3, -0.25) is 0 Å². The first-order valence-corrected chi connectivity index (χ1v) is 8.15. The van der Waals surface area contributed by atoms with Crippen LogP contribution in [-0.2, 0) is 4.74 Å². The van der Waals surface area contributed by atoms with Crippen molar-refractivity contribution in [1.29, 1.82) is 0 Å². The van der Waals surface area contributed by atoms with Crippen LogP contribution in [0.3, 0.4) is 0 Å². The molecule has 1 aromatic rings. The van der Waals surface area contributed by atoms with Crippen molar-refractivity contribution < 1.29 is 4.74 Å². The highest BCUT2D eigenvalue weighted by molar-refractivity contribution is 9.10. The van der Waals surface area contributed by atoms with Crippen molar-refractivity contribution in [1.82, 2.24) is 20.2 Å². The molecule has 2 rings (SSSR count).